The smallest absolute Gasteiger partial charge is 0.335 e. The van der Waals surface area contributed by atoms with Gasteiger partial charge in [0.1, 0.15) is 0 Å². The van der Waals surface area contributed by atoms with E-state index in [-0.39, 0.29) is 5.56 Å². The summed E-state index contributed by atoms with van der Waals surface area (Å²) in [5, 5.41) is 9.36. The van der Waals surface area contributed by atoms with Crippen molar-refractivity contribution in [2.75, 3.05) is 18.1 Å². The van der Waals surface area contributed by atoms with Crippen LogP contribution < -0.4 is 14.4 Å². The van der Waals surface area contributed by atoms with E-state index in [0.717, 1.165) is 16.3 Å². The number of benzene rings is 2. The minimum absolute atomic E-state index is 0.239. The van der Waals surface area contributed by atoms with Gasteiger partial charge in [0.05, 0.1) is 30.8 Å². The second-order valence-electron chi connectivity index (χ2n) is 5.91. The Hall–Kier alpha value is -3.06. The predicted octanol–water partition coefficient (Wildman–Crippen LogP) is 4.98. The molecular formula is C21H22N2O4S. The molecule has 0 atom stereocenters. The molecule has 146 valence electrons. The van der Waals surface area contributed by atoms with Crippen molar-refractivity contribution in [2.24, 2.45) is 0 Å². The van der Waals surface area contributed by atoms with Crippen LogP contribution in [0.3, 0.4) is 0 Å². The zero-order valence-corrected chi connectivity index (χ0v) is 16.6. The van der Waals surface area contributed by atoms with E-state index in [1.165, 1.54) is 0 Å². The quantitative estimate of drug-likeness (QED) is 0.548. The third kappa shape index (κ3) is 4.61. The van der Waals surface area contributed by atoms with Crippen LogP contribution in [-0.4, -0.2) is 29.3 Å². The zero-order chi connectivity index (χ0) is 19.9. The molecule has 0 saturated heterocycles. The highest BCUT2D eigenvalue weighted by Gasteiger charge is 2.16. The van der Waals surface area contributed by atoms with Gasteiger partial charge >= 0.3 is 5.97 Å². The van der Waals surface area contributed by atoms with E-state index < -0.39 is 5.97 Å². The molecule has 0 bridgehead atoms. The van der Waals surface area contributed by atoms with Crippen LogP contribution >= 0.6 is 11.3 Å². The number of thiazole rings is 1. The van der Waals surface area contributed by atoms with Gasteiger partial charge in [0.15, 0.2) is 11.5 Å². The number of hydrogen-bond acceptors (Lipinski definition) is 6. The van der Waals surface area contributed by atoms with E-state index in [4.69, 9.17) is 9.47 Å². The fraction of sp³-hybridized carbons (Fsp3) is 0.238. The van der Waals surface area contributed by atoms with Crippen molar-refractivity contribution in [3.05, 3.63) is 64.6 Å². The Balaban J connectivity index is 2.05. The van der Waals surface area contributed by atoms with Gasteiger partial charge in [0.2, 0.25) is 0 Å². The molecule has 0 spiro atoms. The summed E-state index contributed by atoms with van der Waals surface area (Å²) < 4.78 is 11.4. The summed E-state index contributed by atoms with van der Waals surface area (Å²) in [6.07, 6.45) is 1.82. The lowest BCUT2D eigenvalue weighted by Crippen LogP contribution is -2.16. The highest BCUT2D eigenvalue weighted by Crippen LogP contribution is 2.36. The van der Waals surface area contributed by atoms with E-state index >= 15 is 0 Å². The van der Waals surface area contributed by atoms with Crippen LogP contribution in [0, 0.1) is 0 Å². The van der Waals surface area contributed by atoms with Gasteiger partial charge in [-0.15, -0.1) is 11.3 Å². The van der Waals surface area contributed by atoms with E-state index in [0.29, 0.717) is 31.3 Å². The number of carbonyl (C=O) groups is 1. The molecule has 0 fully saturated rings. The van der Waals surface area contributed by atoms with Gasteiger partial charge < -0.3 is 19.5 Å². The van der Waals surface area contributed by atoms with Gasteiger partial charge in [-0.25, -0.2) is 4.79 Å². The Morgan fingerprint density at radius 2 is 1.82 bits per heavy atom. The SMILES string of the molecule is CCOc1ccc(N(Cc2cncs2)c2cccc(C(=O)O)c2)cc1OCC. The summed E-state index contributed by atoms with van der Waals surface area (Å²) in [6.45, 7) is 5.48. The lowest BCUT2D eigenvalue weighted by atomic mass is 10.1. The van der Waals surface area contributed by atoms with Crippen molar-refractivity contribution in [2.45, 2.75) is 20.4 Å². The predicted molar refractivity (Wildman–Crippen MR) is 110 cm³/mol. The number of carboxylic acid groups (broad SMARTS) is 1. The topological polar surface area (TPSA) is 71.9 Å². The maximum atomic E-state index is 11.4. The first-order valence-corrected chi connectivity index (χ1v) is 9.88. The number of ether oxygens (including phenoxy) is 2. The molecule has 1 heterocycles. The second kappa shape index (κ2) is 9.23. The van der Waals surface area contributed by atoms with Gasteiger partial charge in [0, 0.05) is 28.5 Å². The lowest BCUT2D eigenvalue weighted by Gasteiger charge is -2.26. The molecule has 0 radical (unpaired) electrons. The van der Waals surface area contributed by atoms with Crippen molar-refractivity contribution in [1.82, 2.24) is 4.98 Å². The Morgan fingerprint density at radius 3 is 2.50 bits per heavy atom. The van der Waals surface area contributed by atoms with Crippen LogP contribution in [0.1, 0.15) is 29.1 Å². The molecule has 2 aromatic carbocycles. The molecule has 6 nitrogen and oxygen atoms in total. The Bertz CT molecular complexity index is 928. The summed E-state index contributed by atoms with van der Waals surface area (Å²) >= 11 is 1.55. The van der Waals surface area contributed by atoms with Crippen molar-refractivity contribution >= 4 is 28.7 Å². The molecule has 0 aliphatic heterocycles. The average molecular weight is 398 g/mol. The van der Waals surface area contributed by atoms with Gasteiger partial charge in [0.25, 0.3) is 0 Å². The number of hydrogen-bond donors (Lipinski definition) is 1. The van der Waals surface area contributed by atoms with Crippen LogP contribution in [0.15, 0.2) is 54.2 Å². The normalized spacial score (nSPS) is 10.5. The van der Waals surface area contributed by atoms with Gasteiger partial charge in [-0.2, -0.15) is 0 Å². The van der Waals surface area contributed by atoms with E-state index in [1.807, 2.05) is 49.2 Å². The third-order valence-corrected chi connectivity index (χ3v) is 4.81. The molecule has 0 saturated carbocycles. The summed E-state index contributed by atoms with van der Waals surface area (Å²) in [4.78, 5) is 18.7. The highest BCUT2D eigenvalue weighted by molar-refractivity contribution is 7.09. The fourth-order valence-corrected chi connectivity index (χ4v) is 3.40. The monoisotopic (exact) mass is 398 g/mol. The van der Waals surface area contributed by atoms with Crippen LogP contribution in [-0.2, 0) is 6.54 Å². The van der Waals surface area contributed by atoms with E-state index in [1.54, 1.807) is 35.0 Å². The molecule has 0 aliphatic rings. The fourth-order valence-electron chi connectivity index (χ4n) is 2.82. The molecule has 28 heavy (non-hydrogen) atoms. The number of carboxylic acids is 1. The minimum atomic E-state index is -0.957. The molecule has 3 aromatic rings. The first-order valence-electron chi connectivity index (χ1n) is 9.00. The average Bonchev–Trinajstić information content (AvgIpc) is 3.21. The van der Waals surface area contributed by atoms with Crippen molar-refractivity contribution in [3.63, 3.8) is 0 Å². The zero-order valence-electron chi connectivity index (χ0n) is 15.8. The van der Waals surface area contributed by atoms with Crippen LogP contribution in [0.4, 0.5) is 11.4 Å². The lowest BCUT2D eigenvalue weighted by molar-refractivity contribution is 0.0697. The first-order chi connectivity index (χ1) is 13.6. The number of nitrogens with zero attached hydrogens (tertiary/aromatic N) is 2. The molecule has 0 unspecified atom stereocenters. The van der Waals surface area contributed by atoms with Crippen LogP contribution in [0.2, 0.25) is 0 Å². The Kier molecular flexibility index (Phi) is 6.49. The molecular weight excluding hydrogens is 376 g/mol. The second-order valence-corrected chi connectivity index (χ2v) is 6.88. The maximum Gasteiger partial charge on any atom is 0.335 e. The molecule has 1 N–H and O–H groups in total. The first kappa shape index (κ1) is 19.7. The minimum Gasteiger partial charge on any atom is -0.490 e. The Morgan fingerprint density at radius 1 is 1.07 bits per heavy atom. The highest BCUT2D eigenvalue weighted by atomic mass is 32.1. The maximum absolute atomic E-state index is 11.4. The molecule has 0 aliphatic carbocycles. The largest absolute Gasteiger partial charge is 0.490 e. The van der Waals surface area contributed by atoms with Gasteiger partial charge in [-0.05, 0) is 44.2 Å². The number of aromatic carboxylic acids is 1. The van der Waals surface area contributed by atoms with Crippen molar-refractivity contribution in [1.29, 1.82) is 0 Å². The van der Waals surface area contributed by atoms with Crippen molar-refractivity contribution < 1.29 is 19.4 Å². The number of rotatable bonds is 9. The standard InChI is InChI=1S/C21H22N2O4S/c1-3-26-19-9-8-17(11-20(19)27-4-2)23(13-18-12-22-14-28-18)16-7-5-6-15(10-16)21(24)25/h5-12,14H,3-4,13H2,1-2H3,(H,24,25). The molecule has 0 amide bonds. The van der Waals surface area contributed by atoms with Crippen molar-refractivity contribution in [3.8, 4) is 11.5 Å². The number of aromatic nitrogens is 1. The summed E-state index contributed by atoms with van der Waals surface area (Å²) in [5.41, 5.74) is 3.68. The third-order valence-electron chi connectivity index (χ3n) is 4.04. The van der Waals surface area contributed by atoms with Gasteiger partial charge in [-0.1, -0.05) is 6.07 Å². The summed E-state index contributed by atoms with van der Waals surface area (Å²) in [6, 6.07) is 12.6. The summed E-state index contributed by atoms with van der Waals surface area (Å²) in [7, 11) is 0. The number of anilines is 2. The molecule has 1 aromatic heterocycles. The van der Waals surface area contributed by atoms with E-state index in [9.17, 15) is 9.90 Å². The molecule has 7 heteroatoms. The summed E-state index contributed by atoms with van der Waals surface area (Å²) in [5.74, 6) is 0.386. The van der Waals surface area contributed by atoms with E-state index in [2.05, 4.69) is 4.98 Å². The van der Waals surface area contributed by atoms with Crippen LogP contribution in [0.5, 0.6) is 11.5 Å². The Labute approximate surface area is 168 Å². The molecule has 3 rings (SSSR count). The van der Waals surface area contributed by atoms with Crippen LogP contribution in [0.25, 0.3) is 0 Å². The van der Waals surface area contributed by atoms with Gasteiger partial charge in [-0.3, -0.25) is 4.98 Å².